The second kappa shape index (κ2) is 16.0. The number of para-hydroxylation sites is 5. The number of anilines is 6. The standard InChI is InChI=1S/C67H45N3/c1-5-22-46(23-6-1)52-30-15-19-37-62(52)70(51-40-42-55-54-32-16-20-38-63(54)69(65(55)45-51)49-28-11-4-12-29-49)64-39-21-36-61-66(64)56-33-14-18-35-59(56)67(61)58-34-17-13-31-53(58)57-44-50(41-43-60(57)67)68(47-24-7-2-8-25-47)48-26-9-3-10-27-48/h1-45H. The maximum absolute atomic E-state index is 2.53. The molecule has 328 valence electrons. The van der Waals surface area contributed by atoms with Crippen LogP contribution in [0.1, 0.15) is 22.3 Å². The minimum atomic E-state index is -0.564. The monoisotopic (exact) mass is 891 g/mol. The van der Waals surface area contributed by atoms with Gasteiger partial charge in [-0.05, 0) is 123 Å². The van der Waals surface area contributed by atoms with Crippen molar-refractivity contribution in [3.8, 4) is 39.1 Å². The van der Waals surface area contributed by atoms with Gasteiger partial charge in [0.1, 0.15) is 0 Å². The van der Waals surface area contributed by atoms with Crippen molar-refractivity contribution in [2.45, 2.75) is 5.41 Å². The van der Waals surface area contributed by atoms with Gasteiger partial charge in [0, 0.05) is 50.3 Å². The molecule has 0 amide bonds. The van der Waals surface area contributed by atoms with Crippen molar-refractivity contribution >= 4 is 55.9 Å². The molecule has 0 bridgehead atoms. The van der Waals surface area contributed by atoms with Crippen LogP contribution in [0, 0.1) is 0 Å². The van der Waals surface area contributed by atoms with Crippen molar-refractivity contribution < 1.29 is 0 Å². The van der Waals surface area contributed by atoms with Gasteiger partial charge in [-0.25, -0.2) is 0 Å². The molecule has 12 aromatic rings. The number of fused-ring (bicyclic) bond motifs is 13. The highest BCUT2D eigenvalue weighted by Crippen LogP contribution is 2.65. The summed E-state index contributed by atoms with van der Waals surface area (Å²) in [6, 6.07) is 100. The van der Waals surface area contributed by atoms with Gasteiger partial charge in [0.15, 0.2) is 0 Å². The molecule has 1 unspecified atom stereocenters. The van der Waals surface area contributed by atoms with Gasteiger partial charge in [-0.3, -0.25) is 0 Å². The fourth-order valence-electron chi connectivity index (χ4n) is 12.0. The Balaban J connectivity index is 1.04. The van der Waals surface area contributed by atoms with Gasteiger partial charge in [-0.15, -0.1) is 0 Å². The van der Waals surface area contributed by atoms with Crippen molar-refractivity contribution in [1.29, 1.82) is 0 Å². The summed E-state index contributed by atoms with van der Waals surface area (Å²) in [7, 11) is 0. The van der Waals surface area contributed by atoms with Crippen LogP contribution in [-0.4, -0.2) is 4.57 Å². The number of hydrogen-bond donors (Lipinski definition) is 0. The predicted octanol–water partition coefficient (Wildman–Crippen LogP) is 17.7. The third-order valence-electron chi connectivity index (χ3n) is 14.8. The summed E-state index contributed by atoms with van der Waals surface area (Å²) in [6.07, 6.45) is 0. The average molecular weight is 892 g/mol. The number of hydrogen-bond acceptors (Lipinski definition) is 2. The van der Waals surface area contributed by atoms with Crippen molar-refractivity contribution in [2.24, 2.45) is 0 Å². The van der Waals surface area contributed by atoms with Gasteiger partial charge in [0.05, 0.1) is 27.8 Å². The van der Waals surface area contributed by atoms with E-state index in [4.69, 9.17) is 0 Å². The fraction of sp³-hybridized carbons (Fsp3) is 0.0149. The van der Waals surface area contributed by atoms with Gasteiger partial charge < -0.3 is 14.4 Å². The van der Waals surface area contributed by atoms with Crippen molar-refractivity contribution in [1.82, 2.24) is 4.57 Å². The Labute approximate surface area is 408 Å². The first-order valence-corrected chi connectivity index (χ1v) is 24.2. The second-order valence-electron chi connectivity index (χ2n) is 18.4. The lowest BCUT2D eigenvalue weighted by molar-refractivity contribution is 0.793. The van der Waals surface area contributed by atoms with Gasteiger partial charge in [0.2, 0.25) is 0 Å². The first-order valence-electron chi connectivity index (χ1n) is 24.2. The maximum atomic E-state index is 2.53. The number of rotatable bonds is 8. The highest BCUT2D eigenvalue weighted by atomic mass is 15.2. The molecule has 3 heteroatoms. The molecule has 0 aliphatic heterocycles. The summed E-state index contributed by atoms with van der Waals surface area (Å²) in [5.41, 5.74) is 22.1. The van der Waals surface area contributed by atoms with Crippen LogP contribution in [0.15, 0.2) is 273 Å². The molecule has 0 radical (unpaired) electrons. The quantitative estimate of drug-likeness (QED) is 0.151. The second-order valence-corrected chi connectivity index (χ2v) is 18.4. The fourth-order valence-corrected chi connectivity index (χ4v) is 12.0. The van der Waals surface area contributed by atoms with E-state index in [1.165, 1.54) is 66.4 Å². The molecular weight excluding hydrogens is 847 g/mol. The van der Waals surface area contributed by atoms with Crippen LogP contribution in [0.3, 0.4) is 0 Å². The molecule has 2 aliphatic carbocycles. The molecule has 1 spiro atoms. The predicted molar refractivity (Wildman–Crippen MR) is 292 cm³/mol. The van der Waals surface area contributed by atoms with Crippen LogP contribution < -0.4 is 9.80 Å². The Hall–Kier alpha value is -9.18. The van der Waals surface area contributed by atoms with E-state index < -0.39 is 5.41 Å². The third-order valence-corrected chi connectivity index (χ3v) is 14.8. The molecule has 1 aromatic heterocycles. The van der Waals surface area contributed by atoms with E-state index in [1.807, 2.05) is 0 Å². The Morgan fingerprint density at radius 2 is 0.800 bits per heavy atom. The van der Waals surface area contributed by atoms with Crippen molar-refractivity contribution in [3.05, 3.63) is 295 Å². The third kappa shape index (κ3) is 5.88. The number of nitrogens with zero attached hydrogens (tertiary/aromatic N) is 3. The van der Waals surface area contributed by atoms with Gasteiger partial charge >= 0.3 is 0 Å². The van der Waals surface area contributed by atoms with Crippen LogP contribution in [0.25, 0.3) is 60.9 Å². The number of benzene rings is 11. The molecule has 1 atom stereocenters. The Kier molecular flexibility index (Phi) is 9.11. The highest BCUT2D eigenvalue weighted by molar-refractivity contribution is 6.11. The SMILES string of the molecule is c1ccc(-c2ccccc2N(c2ccc3c4ccccc4n(-c4ccccc4)c3c2)c2cccc3c2-c2ccccc2C32c3ccccc3-c3cc(N(c4ccccc4)c4ccccc4)ccc32)cc1. The van der Waals surface area contributed by atoms with Gasteiger partial charge in [-0.2, -0.15) is 0 Å². The summed E-state index contributed by atoms with van der Waals surface area (Å²) in [5, 5.41) is 2.46. The first-order chi connectivity index (χ1) is 34.8. The maximum Gasteiger partial charge on any atom is 0.0726 e. The summed E-state index contributed by atoms with van der Waals surface area (Å²) in [4.78, 5) is 4.91. The van der Waals surface area contributed by atoms with Crippen molar-refractivity contribution in [2.75, 3.05) is 9.80 Å². The van der Waals surface area contributed by atoms with Crippen LogP contribution in [0.2, 0.25) is 0 Å². The number of aromatic nitrogens is 1. The van der Waals surface area contributed by atoms with Crippen LogP contribution in [0.5, 0.6) is 0 Å². The van der Waals surface area contributed by atoms with E-state index in [0.717, 1.165) is 50.9 Å². The lowest BCUT2D eigenvalue weighted by Gasteiger charge is -2.33. The molecule has 2 aliphatic rings. The lowest BCUT2D eigenvalue weighted by atomic mass is 9.70. The zero-order chi connectivity index (χ0) is 46.2. The minimum Gasteiger partial charge on any atom is -0.310 e. The average Bonchev–Trinajstić information content (AvgIpc) is 4.04. The molecule has 3 nitrogen and oxygen atoms in total. The molecule has 0 N–H and O–H groups in total. The van der Waals surface area contributed by atoms with E-state index >= 15 is 0 Å². The molecule has 0 saturated carbocycles. The van der Waals surface area contributed by atoms with E-state index in [2.05, 4.69) is 287 Å². The largest absolute Gasteiger partial charge is 0.310 e. The topological polar surface area (TPSA) is 11.4 Å². The molecule has 1 heterocycles. The molecule has 14 rings (SSSR count). The summed E-state index contributed by atoms with van der Waals surface area (Å²) in [5.74, 6) is 0. The first kappa shape index (κ1) is 39.9. The zero-order valence-corrected chi connectivity index (χ0v) is 38.3. The zero-order valence-electron chi connectivity index (χ0n) is 38.3. The smallest absolute Gasteiger partial charge is 0.0726 e. The Morgan fingerprint density at radius 1 is 0.286 bits per heavy atom. The van der Waals surface area contributed by atoms with E-state index in [1.54, 1.807) is 0 Å². The lowest BCUT2D eigenvalue weighted by Crippen LogP contribution is -2.26. The van der Waals surface area contributed by atoms with Crippen LogP contribution in [-0.2, 0) is 5.41 Å². The van der Waals surface area contributed by atoms with Crippen LogP contribution >= 0.6 is 0 Å². The highest BCUT2D eigenvalue weighted by Gasteiger charge is 2.52. The van der Waals surface area contributed by atoms with Crippen LogP contribution in [0.4, 0.5) is 34.1 Å². The molecule has 70 heavy (non-hydrogen) atoms. The molecule has 11 aromatic carbocycles. The minimum absolute atomic E-state index is 0.564. The Morgan fingerprint density at radius 3 is 1.54 bits per heavy atom. The summed E-state index contributed by atoms with van der Waals surface area (Å²) in [6.45, 7) is 0. The molecular formula is C67H45N3. The molecule has 0 saturated heterocycles. The summed E-state index contributed by atoms with van der Waals surface area (Å²) < 4.78 is 2.42. The van der Waals surface area contributed by atoms with Gasteiger partial charge in [-0.1, -0.05) is 194 Å². The van der Waals surface area contributed by atoms with E-state index in [0.29, 0.717) is 0 Å². The van der Waals surface area contributed by atoms with Crippen molar-refractivity contribution in [3.63, 3.8) is 0 Å². The molecule has 0 fully saturated rings. The normalized spacial score (nSPS) is 14.1. The Bertz CT molecular complexity index is 3910. The van der Waals surface area contributed by atoms with Gasteiger partial charge in [0.25, 0.3) is 0 Å². The van der Waals surface area contributed by atoms with E-state index in [-0.39, 0.29) is 0 Å². The summed E-state index contributed by atoms with van der Waals surface area (Å²) >= 11 is 0. The van der Waals surface area contributed by atoms with E-state index in [9.17, 15) is 0 Å².